The fraction of sp³-hybridized carbons (Fsp3) is 0.772. The number of cyclic esters (lactones) is 1. The number of aliphatic hydroxyl groups excluding tert-OH is 2. The molecule has 0 amide bonds. The number of carboxylic acid groups (broad SMARTS) is 1. The van der Waals surface area contributed by atoms with E-state index in [2.05, 4.69) is 0 Å². The lowest BCUT2D eigenvalue weighted by molar-refractivity contribution is -0.321. The summed E-state index contributed by atoms with van der Waals surface area (Å²) in [7, 11) is 7.19. The van der Waals surface area contributed by atoms with E-state index >= 15 is 0 Å². The van der Waals surface area contributed by atoms with E-state index in [0.29, 0.717) is 36.3 Å². The first-order chi connectivity index (χ1) is 35.6. The van der Waals surface area contributed by atoms with Gasteiger partial charge in [-0.25, -0.2) is 4.79 Å². The Labute approximate surface area is 449 Å². The molecule has 0 bridgehead atoms. The van der Waals surface area contributed by atoms with Gasteiger partial charge in [0.15, 0.2) is 12.6 Å². The Kier molecular flexibility index (Phi) is 21.0. The molecule has 4 fully saturated rings. The number of hydrogen-bond donors (Lipinski definition) is 5. The van der Waals surface area contributed by atoms with E-state index in [1.54, 1.807) is 40.9 Å². The van der Waals surface area contributed by atoms with Crippen LogP contribution in [0.1, 0.15) is 124 Å². The second-order valence-corrected chi connectivity index (χ2v) is 23.5. The largest absolute Gasteiger partial charge is 0.477 e. The van der Waals surface area contributed by atoms with Crippen molar-refractivity contribution in [1.29, 1.82) is 0 Å². The predicted molar refractivity (Wildman–Crippen MR) is 286 cm³/mol. The molecule has 1 aliphatic carbocycles. The van der Waals surface area contributed by atoms with Crippen molar-refractivity contribution in [2.24, 2.45) is 23.7 Å². The number of aliphatic hydroxyl groups is 4. The Balaban J connectivity index is 1.19. The Morgan fingerprint density at radius 3 is 2.29 bits per heavy atom. The number of aromatic nitrogens is 1. The number of benzene rings is 1. The molecule has 1 aromatic heterocycles. The lowest BCUT2D eigenvalue weighted by Gasteiger charge is -2.49. The Morgan fingerprint density at radius 2 is 1.66 bits per heavy atom. The van der Waals surface area contributed by atoms with E-state index in [9.17, 15) is 39.9 Å². The molecule has 3 saturated heterocycles. The predicted octanol–water partition coefficient (Wildman–Crippen LogP) is 5.08. The van der Waals surface area contributed by atoms with Gasteiger partial charge in [-0.15, -0.1) is 0 Å². The van der Waals surface area contributed by atoms with Crippen LogP contribution in [0, 0.1) is 23.7 Å². The number of rotatable bonds is 17. The number of likely N-dealkylation sites (N-methyl/N-ethyl adjacent to an activating group) is 2. The SMILES string of the molecule is CC[C@H]1OC(=O)[C@H](C)[C@@H](O[C@H]2C[C@@](C)(OC)[C@@H](OCCOC/C=C/c3ccc4c(c3)c(=O)c(C(=O)O)cn4CC3CC3)[C@H](C)O2)[C@H](C)[C@@H](O[C@@H]2O[C@H](C)C[C@H](N(C)C)[C@H]2O)[C@](C)(O)C[C@@H](C)CN(C)[C@H](C)[C@@H](O)[C@]1(C)O. The molecule has 1 saturated carbocycles. The minimum Gasteiger partial charge on any atom is -0.477 e. The van der Waals surface area contributed by atoms with Crippen molar-refractivity contribution in [1.82, 2.24) is 14.4 Å². The molecule has 3 aliphatic heterocycles. The molecular formula is C57H91N3O16. The number of fused-ring (bicyclic) bond motifs is 1. The number of carboxylic acids is 1. The van der Waals surface area contributed by atoms with Crippen molar-refractivity contribution < 1.29 is 73.0 Å². The summed E-state index contributed by atoms with van der Waals surface area (Å²) in [5.41, 5.74) is -3.74. The molecule has 2 aromatic rings. The van der Waals surface area contributed by atoms with Crippen molar-refractivity contribution >= 4 is 28.9 Å². The number of carbonyl (C=O) groups excluding carboxylic acids is 1. The fourth-order valence-electron chi connectivity index (χ4n) is 12.0. The lowest BCUT2D eigenvalue weighted by atomic mass is 9.77. The highest BCUT2D eigenvalue weighted by Crippen LogP contribution is 2.41. The van der Waals surface area contributed by atoms with Gasteiger partial charge in [0.25, 0.3) is 0 Å². The average Bonchev–Trinajstić information content (AvgIpc) is 4.19. The summed E-state index contributed by atoms with van der Waals surface area (Å²) in [4.78, 5) is 43.5. The molecule has 19 nitrogen and oxygen atoms in total. The summed E-state index contributed by atoms with van der Waals surface area (Å²) in [5, 5.41) is 58.2. The van der Waals surface area contributed by atoms with Crippen LogP contribution >= 0.6 is 0 Å². The van der Waals surface area contributed by atoms with Gasteiger partial charge in [0.1, 0.15) is 35.6 Å². The number of nitrogens with zero attached hydrogens (tertiary/aromatic N) is 3. The highest BCUT2D eigenvalue weighted by Gasteiger charge is 2.53. The van der Waals surface area contributed by atoms with Crippen LogP contribution in [0.25, 0.3) is 17.0 Å². The van der Waals surface area contributed by atoms with Gasteiger partial charge in [-0.3, -0.25) is 9.59 Å². The molecule has 0 unspecified atom stereocenters. The first-order valence-corrected chi connectivity index (χ1v) is 27.4. The van der Waals surface area contributed by atoms with Gasteiger partial charge < -0.3 is 77.8 Å². The van der Waals surface area contributed by atoms with E-state index < -0.39 is 107 Å². The summed E-state index contributed by atoms with van der Waals surface area (Å²) in [6.45, 7) is 19.6. The summed E-state index contributed by atoms with van der Waals surface area (Å²) < 4.78 is 53.2. The second-order valence-electron chi connectivity index (χ2n) is 23.5. The third-order valence-electron chi connectivity index (χ3n) is 16.7. The minimum atomic E-state index is -1.84. The fourth-order valence-corrected chi connectivity index (χ4v) is 12.0. The van der Waals surface area contributed by atoms with E-state index in [1.807, 2.05) is 94.4 Å². The molecular weight excluding hydrogens is 983 g/mol. The molecule has 0 spiro atoms. The second kappa shape index (κ2) is 25.8. The molecule has 5 N–H and O–H groups in total. The van der Waals surface area contributed by atoms with Crippen LogP contribution < -0.4 is 5.43 Å². The highest BCUT2D eigenvalue weighted by atomic mass is 16.7. The number of pyridine rings is 1. The summed E-state index contributed by atoms with van der Waals surface area (Å²) in [6, 6.07) is 4.58. The van der Waals surface area contributed by atoms with Crippen molar-refractivity contribution in [2.45, 2.75) is 205 Å². The molecule has 19 heteroatoms. The van der Waals surface area contributed by atoms with Gasteiger partial charge in [-0.05, 0) is 131 Å². The topological polar surface area (TPSA) is 238 Å². The minimum absolute atomic E-state index is 0.159. The maximum atomic E-state index is 14.6. The molecule has 4 heterocycles. The zero-order chi connectivity index (χ0) is 56.2. The molecule has 430 valence electrons. The molecule has 0 radical (unpaired) electrons. The van der Waals surface area contributed by atoms with Crippen LogP contribution in [0.3, 0.4) is 0 Å². The normalized spacial score (nSPS) is 38.8. The standard InChI is InChI=1S/C57H91N3O16/c1-15-44-57(10,68)49(63)36(6)59(13)29-32(2)27-55(8,67)50(76-54-47(62)43(58(11)12)25-33(3)72-54)34(4)48(35(5)53(66)74-44)75-45-28-56(9,69-14)51(37(7)73-45)71-24-23-70-22-16-17-38-20-21-42-40(26-38)46(61)41(52(64)65)31-60(42)30-39-18-19-39/h16-17,20-21,26,31-37,39,43-45,47-51,54,62-63,67-68H,15,18-19,22-25,27-30H2,1-14H3,(H,64,65)/b17-16+/t32-,33-,34+,35-,36-,37+,43+,44-,45+,47-,48+,49-,50-,51+,54+,55-,56-,57-/m1/s1. The van der Waals surface area contributed by atoms with Crippen LogP contribution in [0.5, 0.6) is 0 Å². The van der Waals surface area contributed by atoms with E-state index in [-0.39, 0.29) is 62.7 Å². The highest BCUT2D eigenvalue weighted by molar-refractivity contribution is 5.93. The Morgan fingerprint density at radius 1 is 0.961 bits per heavy atom. The van der Waals surface area contributed by atoms with Crippen molar-refractivity contribution in [2.75, 3.05) is 54.6 Å². The van der Waals surface area contributed by atoms with Crippen LogP contribution in [-0.4, -0.2) is 197 Å². The van der Waals surface area contributed by atoms with Gasteiger partial charge in [0.05, 0.1) is 66.9 Å². The number of aromatic carboxylic acids is 1. The summed E-state index contributed by atoms with van der Waals surface area (Å²) in [6.07, 6.45) is -0.881. The molecule has 76 heavy (non-hydrogen) atoms. The van der Waals surface area contributed by atoms with Crippen LogP contribution in [0.4, 0.5) is 0 Å². The Bertz CT molecular complexity index is 2340. The monoisotopic (exact) mass is 1070 g/mol. The zero-order valence-electron chi connectivity index (χ0n) is 47.5. The maximum Gasteiger partial charge on any atom is 0.341 e. The van der Waals surface area contributed by atoms with E-state index in [1.165, 1.54) is 13.1 Å². The quantitative estimate of drug-likeness (QED) is 0.103. The number of methoxy groups -OCH3 is 1. The van der Waals surface area contributed by atoms with Gasteiger partial charge in [0.2, 0.25) is 5.43 Å². The molecule has 1 aromatic carbocycles. The smallest absolute Gasteiger partial charge is 0.341 e. The van der Waals surface area contributed by atoms with Gasteiger partial charge >= 0.3 is 11.9 Å². The molecule has 4 aliphatic rings. The zero-order valence-corrected chi connectivity index (χ0v) is 47.5. The van der Waals surface area contributed by atoms with Gasteiger partial charge in [-0.1, -0.05) is 39.0 Å². The Hall–Kier alpha value is -3.41. The van der Waals surface area contributed by atoms with Gasteiger partial charge in [0, 0.05) is 56.2 Å². The van der Waals surface area contributed by atoms with Crippen molar-refractivity contribution in [3.8, 4) is 0 Å². The first kappa shape index (κ1) is 61.8. The first-order valence-electron chi connectivity index (χ1n) is 27.4. The third-order valence-corrected chi connectivity index (χ3v) is 16.7. The van der Waals surface area contributed by atoms with Crippen LogP contribution in [-0.2, 0) is 49.2 Å². The lowest BCUT2D eigenvalue weighted by Crippen LogP contribution is -2.61. The number of carbonyl (C=O) groups is 2. The third kappa shape index (κ3) is 14.5. The summed E-state index contributed by atoms with van der Waals surface area (Å²) >= 11 is 0. The molecule has 18 atom stereocenters. The summed E-state index contributed by atoms with van der Waals surface area (Å²) in [5.74, 6) is -3.50. The van der Waals surface area contributed by atoms with Crippen molar-refractivity contribution in [3.63, 3.8) is 0 Å². The number of esters is 1. The van der Waals surface area contributed by atoms with Crippen LogP contribution in [0.15, 0.2) is 35.3 Å². The van der Waals surface area contributed by atoms with E-state index in [0.717, 1.165) is 18.4 Å². The molecule has 6 rings (SSSR count). The van der Waals surface area contributed by atoms with E-state index in [4.69, 9.17) is 37.9 Å². The average molecular weight is 1070 g/mol. The van der Waals surface area contributed by atoms with Crippen molar-refractivity contribution in [3.05, 3.63) is 51.8 Å². The van der Waals surface area contributed by atoms with Crippen LogP contribution in [0.2, 0.25) is 0 Å². The van der Waals surface area contributed by atoms with Gasteiger partial charge in [-0.2, -0.15) is 0 Å². The number of ether oxygens (including phenoxy) is 8. The number of hydrogen-bond acceptors (Lipinski definition) is 17. The maximum absolute atomic E-state index is 14.6.